The van der Waals surface area contributed by atoms with Crippen molar-refractivity contribution in [3.63, 3.8) is 0 Å². The maximum absolute atomic E-state index is 2.45. The first-order valence-electron chi connectivity index (χ1n) is 19.7. The van der Waals surface area contributed by atoms with E-state index in [4.69, 9.17) is 0 Å². The second-order valence-electron chi connectivity index (χ2n) is 15.8. The number of rotatable bonds is 2. The molecule has 56 heavy (non-hydrogen) atoms. The summed E-state index contributed by atoms with van der Waals surface area (Å²) in [6.45, 7) is 0. The van der Waals surface area contributed by atoms with Crippen LogP contribution in [-0.4, -0.2) is 0 Å². The van der Waals surface area contributed by atoms with Gasteiger partial charge in [-0.25, -0.2) is 0 Å². The van der Waals surface area contributed by atoms with Gasteiger partial charge in [-0.3, -0.25) is 0 Å². The molecular weight excluding hydrogens is 673 g/mol. The van der Waals surface area contributed by atoms with E-state index in [0.29, 0.717) is 0 Å². The third-order valence-corrected chi connectivity index (χ3v) is 13.3. The van der Waals surface area contributed by atoms with Crippen LogP contribution in [0.5, 0.6) is 0 Å². The Morgan fingerprint density at radius 3 is 1.11 bits per heavy atom. The monoisotopic (exact) mass is 702 g/mol. The second kappa shape index (κ2) is 10.3. The van der Waals surface area contributed by atoms with Crippen molar-refractivity contribution in [3.8, 4) is 44.5 Å². The van der Waals surface area contributed by atoms with Gasteiger partial charge in [0.05, 0.1) is 0 Å². The van der Waals surface area contributed by atoms with Crippen molar-refractivity contribution in [1.29, 1.82) is 0 Å². The lowest BCUT2D eigenvalue weighted by Crippen LogP contribution is -1.90. The molecule has 0 atom stereocenters. The molecule has 0 aromatic heterocycles. The maximum atomic E-state index is 2.45. The molecule has 0 saturated heterocycles. The van der Waals surface area contributed by atoms with E-state index >= 15 is 0 Å². The van der Waals surface area contributed by atoms with Crippen LogP contribution < -0.4 is 0 Å². The van der Waals surface area contributed by atoms with Crippen LogP contribution in [0.3, 0.4) is 0 Å². The Bertz CT molecular complexity index is 3760. The topological polar surface area (TPSA) is 0 Å². The molecule has 0 heterocycles. The van der Waals surface area contributed by atoms with Crippen molar-refractivity contribution in [2.24, 2.45) is 0 Å². The SMILES string of the molecule is c1cc2c3c(ccc(-c4ccc5c6cccc7cccc(c8cccc4c85)c76)c3c1)-c1ccc(-c3ccc4c5cccc6cccc(c7cccc3c74)c65)cc1-2. The molecule has 254 valence electrons. The van der Waals surface area contributed by atoms with Gasteiger partial charge in [0.25, 0.3) is 0 Å². The first-order valence-corrected chi connectivity index (χ1v) is 19.7. The highest BCUT2D eigenvalue weighted by atomic mass is 14.3. The average molecular weight is 703 g/mol. The minimum atomic E-state index is 1.26. The van der Waals surface area contributed by atoms with Gasteiger partial charge in [0.1, 0.15) is 0 Å². The predicted molar refractivity (Wildman–Crippen MR) is 242 cm³/mol. The first kappa shape index (κ1) is 29.1. The van der Waals surface area contributed by atoms with Gasteiger partial charge >= 0.3 is 0 Å². The molecule has 0 amide bonds. The molecule has 0 radical (unpaired) electrons. The summed E-state index contributed by atoms with van der Waals surface area (Å²) in [7, 11) is 0. The van der Waals surface area contributed by atoms with Gasteiger partial charge < -0.3 is 0 Å². The summed E-state index contributed by atoms with van der Waals surface area (Å²) in [4.78, 5) is 0. The third-order valence-electron chi connectivity index (χ3n) is 13.3. The standard InChI is InChI=1S/C56H30/c1-8-31-10-3-14-43-49-27-24-34(38-16-5-19-45(54(38)49)41(12-1)52(31)43)33-22-23-37-48-28-25-35(40-18-7-21-47(56(40)48)51(37)30-33)36-26-29-50-44-15-4-11-32-9-2-13-42(53(32)44)46-20-6-17-39(36)55(46)50/h1-30H. The van der Waals surface area contributed by atoms with Crippen LogP contribution in [0.2, 0.25) is 0 Å². The van der Waals surface area contributed by atoms with Crippen molar-refractivity contribution in [1.82, 2.24) is 0 Å². The molecule has 0 heteroatoms. The van der Waals surface area contributed by atoms with Crippen molar-refractivity contribution in [2.75, 3.05) is 0 Å². The molecule has 14 rings (SSSR count). The smallest absolute Gasteiger partial charge is 0.00201 e. The minimum Gasteiger partial charge on any atom is -0.0610 e. The molecule has 0 saturated carbocycles. The molecule has 1 aliphatic rings. The summed E-state index contributed by atoms with van der Waals surface area (Å²) in [6, 6.07) is 69.0. The number of hydrogen-bond acceptors (Lipinski definition) is 0. The van der Waals surface area contributed by atoms with Crippen molar-refractivity contribution in [3.05, 3.63) is 182 Å². The van der Waals surface area contributed by atoms with E-state index in [9.17, 15) is 0 Å². The van der Waals surface area contributed by atoms with Crippen LogP contribution in [0.1, 0.15) is 0 Å². The maximum Gasteiger partial charge on any atom is -0.00201 e. The summed E-state index contributed by atoms with van der Waals surface area (Å²) in [5.74, 6) is 0. The van der Waals surface area contributed by atoms with E-state index in [1.54, 1.807) is 0 Å². The van der Waals surface area contributed by atoms with Crippen LogP contribution in [0.4, 0.5) is 0 Å². The summed E-state index contributed by atoms with van der Waals surface area (Å²) in [6.07, 6.45) is 0. The number of benzene rings is 13. The average Bonchev–Trinajstić information content (AvgIpc) is 3.58. The Morgan fingerprint density at radius 2 is 0.536 bits per heavy atom. The van der Waals surface area contributed by atoms with E-state index in [1.807, 2.05) is 0 Å². The minimum absolute atomic E-state index is 1.26. The van der Waals surface area contributed by atoms with Gasteiger partial charge in [0.15, 0.2) is 0 Å². The van der Waals surface area contributed by atoms with E-state index in [2.05, 4.69) is 182 Å². The van der Waals surface area contributed by atoms with Gasteiger partial charge in [-0.05, 0) is 148 Å². The van der Waals surface area contributed by atoms with E-state index in [0.717, 1.165) is 0 Å². The van der Waals surface area contributed by atoms with Crippen LogP contribution in [0.25, 0.3) is 141 Å². The largest absolute Gasteiger partial charge is 0.0610 e. The summed E-state index contributed by atoms with van der Waals surface area (Å²) in [5.41, 5.74) is 10.4. The predicted octanol–water partition coefficient (Wildman–Crippen LogP) is 15.9. The van der Waals surface area contributed by atoms with Crippen molar-refractivity contribution >= 4 is 97.0 Å². The van der Waals surface area contributed by atoms with Gasteiger partial charge in [0.2, 0.25) is 0 Å². The molecule has 1 aliphatic carbocycles. The van der Waals surface area contributed by atoms with Gasteiger partial charge in [-0.2, -0.15) is 0 Å². The molecule has 0 unspecified atom stereocenters. The normalized spacial score (nSPS) is 12.6. The Kier molecular flexibility index (Phi) is 5.34. The molecule has 0 bridgehead atoms. The fourth-order valence-corrected chi connectivity index (χ4v) is 11.0. The Labute approximate surface area is 322 Å². The van der Waals surface area contributed by atoms with Crippen molar-refractivity contribution in [2.45, 2.75) is 0 Å². The summed E-state index contributed by atoms with van der Waals surface area (Å²) < 4.78 is 0. The van der Waals surface area contributed by atoms with Crippen LogP contribution in [-0.2, 0) is 0 Å². The number of fused-ring (bicyclic) bond motifs is 7. The lowest BCUT2D eigenvalue weighted by atomic mass is 9.86. The molecule has 0 spiro atoms. The Hall–Kier alpha value is -7.28. The molecular formula is C56H30. The molecule has 13 aromatic rings. The zero-order valence-corrected chi connectivity index (χ0v) is 30.3. The summed E-state index contributed by atoms with van der Waals surface area (Å²) in [5, 5.41) is 24.0. The molecule has 13 aromatic carbocycles. The first-order chi connectivity index (χ1) is 27.8. The second-order valence-corrected chi connectivity index (χ2v) is 15.8. The van der Waals surface area contributed by atoms with E-state index < -0.39 is 0 Å². The van der Waals surface area contributed by atoms with Gasteiger partial charge in [-0.15, -0.1) is 0 Å². The summed E-state index contributed by atoms with van der Waals surface area (Å²) >= 11 is 0. The lowest BCUT2D eigenvalue weighted by Gasteiger charge is -2.17. The van der Waals surface area contributed by atoms with Gasteiger partial charge in [0, 0.05) is 0 Å². The zero-order chi connectivity index (χ0) is 36.2. The molecule has 0 nitrogen and oxygen atoms in total. The highest BCUT2D eigenvalue weighted by molar-refractivity contribution is 6.36. The van der Waals surface area contributed by atoms with Crippen LogP contribution >= 0.6 is 0 Å². The van der Waals surface area contributed by atoms with Gasteiger partial charge in [-0.1, -0.05) is 176 Å². The quantitative estimate of drug-likeness (QED) is 0.124. The fraction of sp³-hybridized carbons (Fsp3) is 0. The lowest BCUT2D eigenvalue weighted by molar-refractivity contribution is 1.66. The Balaban J connectivity index is 0.975. The zero-order valence-electron chi connectivity index (χ0n) is 30.3. The highest BCUT2D eigenvalue weighted by Gasteiger charge is 2.25. The third kappa shape index (κ3) is 3.51. The van der Waals surface area contributed by atoms with Crippen molar-refractivity contribution < 1.29 is 0 Å². The molecule has 0 aliphatic heterocycles. The van der Waals surface area contributed by atoms with Crippen LogP contribution in [0.15, 0.2) is 182 Å². The van der Waals surface area contributed by atoms with E-state index in [-0.39, 0.29) is 0 Å². The van der Waals surface area contributed by atoms with Crippen LogP contribution in [0, 0.1) is 0 Å². The Morgan fingerprint density at radius 1 is 0.179 bits per heavy atom. The molecule has 0 N–H and O–H groups in total. The fourth-order valence-electron chi connectivity index (χ4n) is 11.0. The molecule has 0 fully saturated rings. The number of hydrogen-bond donors (Lipinski definition) is 0. The van der Waals surface area contributed by atoms with E-state index in [1.165, 1.54) is 141 Å². The highest BCUT2D eigenvalue weighted by Crippen LogP contribution is 2.52.